The summed E-state index contributed by atoms with van der Waals surface area (Å²) in [5, 5.41) is 0. The second-order valence-corrected chi connectivity index (χ2v) is 12.9. The third-order valence-corrected chi connectivity index (χ3v) is 9.28. The molecule has 48 heavy (non-hydrogen) atoms. The van der Waals surface area contributed by atoms with E-state index in [0.29, 0.717) is 5.82 Å². The molecule has 5 aromatic rings. The number of hydrogen-bond donors (Lipinski definition) is 0. The van der Waals surface area contributed by atoms with Crippen LogP contribution in [-0.4, -0.2) is 21.1 Å². The van der Waals surface area contributed by atoms with Crippen LogP contribution in [0.2, 0.25) is 0 Å². The lowest BCUT2D eigenvalue weighted by atomic mass is 9.75. The number of fused-ring (bicyclic) bond motifs is 2. The number of nitrogens with zero attached hydrogens (tertiary/aromatic N) is 3. The molecular weight excluding hydrogens is 587 g/mol. The summed E-state index contributed by atoms with van der Waals surface area (Å²) in [6.07, 6.45) is 22.1. The normalized spacial score (nSPS) is 19.4. The maximum atomic E-state index is 6.29. The van der Waals surface area contributed by atoms with Crippen molar-refractivity contribution in [3.05, 3.63) is 169 Å². The van der Waals surface area contributed by atoms with E-state index in [4.69, 9.17) is 14.7 Å². The van der Waals surface area contributed by atoms with Gasteiger partial charge in [-0.3, -0.25) is 4.98 Å². The molecule has 3 heterocycles. The van der Waals surface area contributed by atoms with Gasteiger partial charge < -0.3 is 4.74 Å². The molecular formula is C44H39N3O. The predicted octanol–water partition coefficient (Wildman–Crippen LogP) is 10.5. The van der Waals surface area contributed by atoms with Crippen LogP contribution in [0.15, 0.2) is 152 Å². The molecule has 4 heteroatoms. The summed E-state index contributed by atoms with van der Waals surface area (Å²) in [6.45, 7) is 11.0. The molecule has 0 amide bonds. The molecule has 0 bridgehead atoms. The predicted molar refractivity (Wildman–Crippen MR) is 198 cm³/mol. The summed E-state index contributed by atoms with van der Waals surface area (Å²) >= 11 is 0. The second-order valence-electron chi connectivity index (χ2n) is 12.9. The van der Waals surface area contributed by atoms with Gasteiger partial charge in [-0.1, -0.05) is 99.4 Å². The summed E-state index contributed by atoms with van der Waals surface area (Å²) in [5.41, 5.74) is 11.3. The average Bonchev–Trinajstić information content (AvgIpc) is 3.23. The van der Waals surface area contributed by atoms with Gasteiger partial charge in [0.15, 0.2) is 5.82 Å². The Balaban J connectivity index is 1.42. The number of rotatable bonds is 4. The van der Waals surface area contributed by atoms with Gasteiger partial charge in [0.1, 0.15) is 11.9 Å². The van der Waals surface area contributed by atoms with Gasteiger partial charge in [-0.05, 0) is 102 Å². The van der Waals surface area contributed by atoms with Gasteiger partial charge in [0, 0.05) is 34.5 Å². The van der Waals surface area contributed by atoms with Crippen molar-refractivity contribution in [2.75, 3.05) is 0 Å². The molecule has 1 aliphatic carbocycles. The number of pyridine rings is 1. The van der Waals surface area contributed by atoms with Crippen LogP contribution in [0.5, 0.6) is 5.75 Å². The maximum Gasteiger partial charge on any atom is 0.160 e. The lowest BCUT2D eigenvalue weighted by Crippen LogP contribution is -2.21. The van der Waals surface area contributed by atoms with Crippen LogP contribution in [0, 0.1) is 0 Å². The van der Waals surface area contributed by atoms with Gasteiger partial charge in [-0.2, -0.15) is 0 Å². The van der Waals surface area contributed by atoms with E-state index in [-0.39, 0.29) is 11.5 Å². The highest BCUT2D eigenvalue weighted by atomic mass is 16.5. The minimum atomic E-state index is -0.268. The fourth-order valence-corrected chi connectivity index (χ4v) is 6.40. The molecule has 3 aromatic carbocycles. The largest absolute Gasteiger partial charge is 0.486 e. The average molecular weight is 626 g/mol. The highest BCUT2D eigenvalue weighted by Gasteiger charge is 2.27. The van der Waals surface area contributed by atoms with Crippen molar-refractivity contribution in [1.29, 1.82) is 0 Å². The Labute approximate surface area is 283 Å². The smallest absolute Gasteiger partial charge is 0.160 e. The SMILES string of the molecule is C=C1/C=C\C=C/Cc2ccc(-c3nc(-c4ccc5c(c4)C/C=C\C=C/C(C)O5)cc(-c4ccccc4-c4ccncc4)n3)cc2C1(C)C. The van der Waals surface area contributed by atoms with E-state index < -0.39 is 0 Å². The first-order chi connectivity index (χ1) is 23.4. The zero-order chi connectivity index (χ0) is 33.1. The fourth-order valence-electron chi connectivity index (χ4n) is 6.40. The number of ether oxygens (including phenoxy) is 1. The van der Waals surface area contributed by atoms with Gasteiger partial charge in [0.2, 0.25) is 0 Å². The summed E-state index contributed by atoms with van der Waals surface area (Å²) in [4.78, 5) is 14.8. The molecule has 0 spiro atoms. The molecule has 2 aromatic heterocycles. The Morgan fingerprint density at radius 2 is 1.44 bits per heavy atom. The minimum absolute atomic E-state index is 0.0209. The van der Waals surface area contributed by atoms with Crippen LogP contribution in [0.4, 0.5) is 0 Å². The number of benzene rings is 3. The highest BCUT2D eigenvalue weighted by Crippen LogP contribution is 2.39. The molecule has 7 rings (SSSR count). The molecule has 2 aliphatic rings. The van der Waals surface area contributed by atoms with Crippen molar-refractivity contribution in [1.82, 2.24) is 15.0 Å². The van der Waals surface area contributed by atoms with E-state index in [0.717, 1.165) is 68.9 Å². The Bertz CT molecular complexity index is 2120. The minimum Gasteiger partial charge on any atom is -0.486 e. The second kappa shape index (κ2) is 13.2. The van der Waals surface area contributed by atoms with Crippen molar-refractivity contribution in [2.45, 2.75) is 45.1 Å². The van der Waals surface area contributed by atoms with Gasteiger partial charge in [0.05, 0.1) is 11.4 Å². The third-order valence-electron chi connectivity index (χ3n) is 9.28. The van der Waals surface area contributed by atoms with Gasteiger partial charge in [0.25, 0.3) is 0 Å². The van der Waals surface area contributed by atoms with Crippen molar-refractivity contribution in [2.24, 2.45) is 0 Å². The van der Waals surface area contributed by atoms with Crippen molar-refractivity contribution >= 4 is 0 Å². The van der Waals surface area contributed by atoms with Crippen LogP contribution >= 0.6 is 0 Å². The van der Waals surface area contributed by atoms with E-state index in [1.807, 2.05) is 30.6 Å². The fraction of sp³-hybridized carbons (Fsp3) is 0.159. The van der Waals surface area contributed by atoms with Gasteiger partial charge >= 0.3 is 0 Å². The summed E-state index contributed by atoms with van der Waals surface area (Å²) < 4.78 is 6.29. The Morgan fingerprint density at radius 1 is 0.708 bits per heavy atom. The first-order valence-electron chi connectivity index (χ1n) is 16.6. The Kier molecular flexibility index (Phi) is 8.56. The lowest BCUT2D eigenvalue weighted by Gasteiger charge is -2.29. The van der Waals surface area contributed by atoms with Crippen LogP contribution in [0.1, 0.15) is 37.5 Å². The Hall–Kier alpha value is -5.61. The summed E-state index contributed by atoms with van der Waals surface area (Å²) in [5.74, 6) is 1.57. The third kappa shape index (κ3) is 6.34. The van der Waals surface area contributed by atoms with E-state index >= 15 is 0 Å². The van der Waals surface area contributed by atoms with Crippen LogP contribution in [0.25, 0.3) is 45.0 Å². The van der Waals surface area contributed by atoms with E-state index in [1.54, 1.807) is 0 Å². The van der Waals surface area contributed by atoms with E-state index in [2.05, 4.69) is 142 Å². The maximum absolute atomic E-state index is 6.29. The van der Waals surface area contributed by atoms with Gasteiger partial charge in [-0.15, -0.1) is 0 Å². The first kappa shape index (κ1) is 31.0. The summed E-state index contributed by atoms with van der Waals surface area (Å²) in [7, 11) is 0. The molecule has 1 aliphatic heterocycles. The van der Waals surface area contributed by atoms with Crippen LogP contribution in [0.3, 0.4) is 0 Å². The van der Waals surface area contributed by atoms with Gasteiger partial charge in [-0.25, -0.2) is 9.97 Å². The first-order valence-corrected chi connectivity index (χ1v) is 16.6. The van der Waals surface area contributed by atoms with Crippen molar-refractivity contribution in [3.63, 3.8) is 0 Å². The van der Waals surface area contributed by atoms with Crippen molar-refractivity contribution in [3.8, 4) is 50.8 Å². The Morgan fingerprint density at radius 3 is 2.27 bits per heavy atom. The standard InChI is InChI=1S/C44H39N3O/c1-30-13-7-5-9-15-33-19-20-36(28-39(33)44(30,3)4)43-46-40(34-21-22-42-35(27-34)16-10-6-8-14-31(2)48-42)29-41(47-43)38-18-12-11-17-37(38)32-23-25-45-26-24-32/h5-14,17-29,31H,1,15-16H2,2-4H3/b9-5-,10-6-,13-7-,14-8-. The lowest BCUT2D eigenvalue weighted by molar-refractivity contribution is 0.268. The van der Waals surface area contributed by atoms with E-state index in [1.165, 1.54) is 11.1 Å². The molecule has 0 saturated carbocycles. The number of hydrogen-bond acceptors (Lipinski definition) is 4. The number of aromatic nitrogens is 3. The zero-order valence-electron chi connectivity index (χ0n) is 27.7. The van der Waals surface area contributed by atoms with E-state index in [9.17, 15) is 0 Å². The molecule has 4 nitrogen and oxygen atoms in total. The monoisotopic (exact) mass is 625 g/mol. The summed E-state index contributed by atoms with van der Waals surface area (Å²) in [6, 6.07) is 27.6. The topological polar surface area (TPSA) is 47.9 Å². The number of allylic oxidation sites excluding steroid dienone is 8. The molecule has 0 radical (unpaired) electrons. The van der Waals surface area contributed by atoms with Crippen molar-refractivity contribution < 1.29 is 4.74 Å². The molecule has 0 N–H and O–H groups in total. The molecule has 236 valence electrons. The van der Waals surface area contributed by atoms with Crippen LogP contribution in [-0.2, 0) is 18.3 Å². The highest BCUT2D eigenvalue weighted by molar-refractivity contribution is 5.84. The zero-order valence-corrected chi connectivity index (χ0v) is 27.7. The molecule has 0 saturated heterocycles. The van der Waals surface area contributed by atoms with Crippen LogP contribution < -0.4 is 4.74 Å². The molecule has 1 unspecified atom stereocenters. The quantitative estimate of drug-likeness (QED) is 0.199. The molecule has 0 fully saturated rings. The molecule has 1 atom stereocenters.